The Morgan fingerprint density at radius 2 is 2.28 bits per heavy atom. The molecule has 2 N–H and O–H groups in total. The van der Waals surface area contributed by atoms with Crippen LogP contribution >= 0.6 is 0 Å². The fourth-order valence-electron chi connectivity index (χ4n) is 2.60. The summed E-state index contributed by atoms with van der Waals surface area (Å²) < 4.78 is 7.44. The maximum absolute atomic E-state index is 6.04. The molecule has 4 heteroatoms. The third-order valence-electron chi connectivity index (χ3n) is 3.89. The predicted molar refractivity (Wildman–Crippen MR) is 72.6 cm³/mol. The molecule has 18 heavy (non-hydrogen) atoms. The number of methoxy groups -OCH3 is 1. The molecule has 2 aromatic rings. The SMILES string of the molecule is COc1cccc2c1nc(N)n2CC(C)C1CC1. The number of rotatable bonds is 4. The van der Waals surface area contributed by atoms with Gasteiger partial charge in [0.05, 0.1) is 12.6 Å². The summed E-state index contributed by atoms with van der Waals surface area (Å²) >= 11 is 0. The monoisotopic (exact) mass is 245 g/mol. The molecule has 0 aliphatic heterocycles. The minimum absolute atomic E-state index is 0.585. The number of para-hydroxylation sites is 1. The average Bonchev–Trinajstić information content (AvgIpc) is 3.16. The van der Waals surface area contributed by atoms with E-state index in [-0.39, 0.29) is 0 Å². The van der Waals surface area contributed by atoms with Crippen LogP contribution in [0.2, 0.25) is 0 Å². The van der Waals surface area contributed by atoms with Gasteiger partial charge >= 0.3 is 0 Å². The van der Waals surface area contributed by atoms with Crippen LogP contribution in [0.1, 0.15) is 19.8 Å². The van der Waals surface area contributed by atoms with Gasteiger partial charge in [-0.3, -0.25) is 0 Å². The summed E-state index contributed by atoms with van der Waals surface area (Å²) in [5, 5.41) is 0. The maximum atomic E-state index is 6.04. The van der Waals surface area contributed by atoms with Crippen LogP contribution in [-0.2, 0) is 6.54 Å². The van der Waals surface area contributed by atoms with Crippen molar-refractivity contribution in [2.75, 3.05) is 12.8 Å². The zero-order valence-electron chi connectivity index (χ0n) is 10.9. The number of anilines is 1. The molecule has 1 aromatic heterocycles. The topological polar surface area (TPSA) is 53.1 Å². The van der Waals surface area contributed by atoms with E-state index in [1.54, 1.807) is 7.11 Å². The molecular formula is C14H19N3O. The standard InChI is InChI=1S/C14H19N3O/c1-9(10-6-7-10)8-17-11-4-3-5-12(18-2)13(11)16-14(17)15/h3-5,9-10H,6-8H2,1-2H3,(H2,15,16). The Kier molecular flexibility index (Phi) is 2.65. The minimum Gasteiger partial charge on any atom is -0.494 e. The molecular weight excluding hydrogens is 226 g/mol. The lowest BCUT2D eigenvalue weighted by molar-refractivity contribution is 0.419. The maximum Gasteiger partial charge on any atom is 0.201 e. The van der Waals surface area contributed by atoms with Gasteiger partial charge < -0.3 is 15.0 Å². The van der Waals surface area contributed by atoms with Gasteiger partial charge in [0, 0.05) is 6.54 Å². The van der Waals surface area contributed by atoms with Crippen LogP contribution in [0, 0.1) is 11.8 Å². The van der Waals surface area contributed by atoms with E-state index in [0.717, 1.165) is 29.2 Å². The highest BCUT2D eigenvalue weighted by Gasteiger charge is 2.28. The number of aromatic nitrogens is 2. The highest BCUT2D eigenvalue weighted by molar-refractivity contribution is 5.84. The van der Waals surface area contributed by atoms with E-state index in [9.17, 15) is 0 Å². The number of benzene rings is 1. The first-order chi connectivity index (χ1) is 8.70. The van der Waals surface area contributed by atoms with Gasteiger partial charge in [0.25, 0.3) is 0 Å². The van der Waals surface area contributed by atoms with E-state index in [1.165, 1.54) is 12.8 Å². The molecule has 1 atom stereocenters. The molecule has 0 spiro atoms. The second-order valence-electron chi connectivity index (χ2n) is 5.22. The number of fused-ring (bicyclic) bond motifs is 1. The Morgan fingerprint density at radius 1 is 1.50 bits per heavy atom. The van der Waals surface area contributed by atoms with Gasteiger partial charge in [-0.25, -0.2) is 4.98 Å². The quantitative estimate of drug-likeness (QED) is 0.901. The highest BCUT2D eigenvalue weighted by atomic mass is 16.5. The van der Waals surface area contributed by atoms with Crippen molar-refractivity contribution in [3.05, 3.63) is 18.2 Å². The number of nitrogen functional groups attached to an aromatic ring is 1. The first-order valence-electron chi connectivity index (χ1n) is 6.49. The summed E-state index contributed by atoms with van der Waals surface area (Å²) in [5.74, 6) is 2.90. The van der Waals surface area contributed by atoms with Crippen molar-refractivity contribution in [1.29, 1.82) is 0 Å². The average molecular weight is 245 g/mol. The molecule has 0 saturated heterocycles. The lowest BCUT2D eigenvalue weighted by atomic mass is 10.1. The molecule has 3 rings (SSSR count). The van der Waals surface area contributed by atoms with E-state index < -0.39 is 0 Å². The zero-order valence-corrected chi connectivity index (χ0v) is 10.9. The van der Waals surface area contributed by atoms with Crippen LogP contribution in [0.3, 0.4) is 0 Å². The van der Waals surface area contributed by atoms with Gasteiger partial charge in [-0.05, 0) is 36.8 Å². The van der Waals surface area contributed by atoms with Crippen molar-refractivity contribution >= 4 is 17.0 Å². The lowest BCUT2D eigenvalue weighted by Gasteiger charge is -2.13. The van der Waals surface area contributed by atoms with Crippen molar-refractivity contribution < 1.29 is 4.74 Å². The van der Waals surface area contributed by atoms with Crippen molar-refractivity contribution in [2.45, 2.75) is 26.3 Å². The molecule has 0 amide bonds. The zero-order chi connectivity index (χ0) is 12.7. The Morgan fingerprint density at radius 3 is 2.94 bits per heavy atom. The first-order valence-corrected chi connectivity index (χ1v) is 6.49. The number of nitrogens with two attached hydrogens (primary N) is 1. The molecule has 1 unspecified atom stereocenters. The molecule has 1 heterocycles. The van der Waals surface area contributed by atoms with Gasteiger partial charge in [0.15, 0.2) is 0 Å². The molecule has 1 aliphatic rings. The number of ether oxygens (including phenoxy) is 1. The fourth-order valence-corrected chi connectivity index (χ4v) is 2.60. The van der Waals surface area contributed by atoms with Crippen LogP contribution < -0.4 is 10.5 Å². The molecule has 0 radical (unpaired) electrons. The summed E-state index contributed by atoms with van der Waals surface area (Å²) in [5.41, 5.74) is 7.97. The molecule has 1 saturated carbocycles. The number of nitrogens with zero attached hydrogens (tertiary/aromatic N) is 2. The Hall–Kier alpha value is -1.71. The fraction of sp³-hybridized carbons (Fsp3) is 0.500. The van der Waals surface area contributed by atoms with Crippen molar-refractivity contribution in [3.8, 4) is 5.75 Å². The minimum atomic E-state index is 0.585. The van der Waals surface area contributed by atoms with Gasteiger partial charge in [-0.2, -0.15) is 0 Å². The van der Waals surface area contributed by atoms with E-state index in [0.29, 0.717) is 11.9 Å². The molecule has 0 bridgehead atoms. The molecule has 4 nitrogen and oxygen atoms in total. The van der Waals surface area contributed by atoms with E-state index >= 15 is 0 Å². The van der Waals surface area contributed by atoms with E-state index in [4.69, 9.17) is 10.5 Å². The molecule has 1 aliphatic carbocycles. The number of imidazole rings is 1. The van der Waals surface area contributed by atoms with Crippen LogP contribution in [0.25, 0.3) is 11.0 Å². The normalized spacial score (nSPS) is 17.0. The second kappa shape index (κ2) is 4.19. The van der Waals surface area contributed by atoms with Crippen molar-refractivity contribution in [2.24, 2.45) is 11.8 Å². The Labute approximate surface area is 107 Å². The summed E-state index contributed by atoms with van der Waals surface area (Å²) in [4.78, 5) is 4.43. The van der Waals surface area contributed by atoms with Crippen molar-refractivity contribution in [1.82, 2.24) is 9.55 Å². The summed E-state index contributed by atoms with van der Waals surface area (Å²) in [6.07, 6.45) is 2.72. The number of hydrogen-bond acceptors (Lipinski definition) is 3. The molecule has 1 fully saturated rings. The Bertz CT molecular complexity index is 572. The van der Waals surface area contributed by atoms with Gasteiger partial charge in [-0.1, -0.05) is 13.0 Å². The molecule has 96 valence electrons. The predicted octanol–water partition coefficient (Wildman–Crippen LogP) is 2.67. The Balaban J connectivity index is 2.02. The smallest absolute Gasteiger partial charge is 0.201 e. The van der Waals surface area contributed by atoms with E-state index in [1.807, 2.05) is 12.1 Å². The second-order valence-corrected chi connectivity index (χ2v) is 5.22. The van der Waals surface area contributed by atoms with Crippen LogP contribution in [-0.4, -0.2) is 16.7 Å². The third-order valence-corrected chi connectivity index (χ3v) is 3.89. The van der Waals surface area contributed by atoms with Crippen molar-refractivity contribution in [3.63, 3.8) is 0 Å². The number of hydrogen-bond donors (Lipinski definition) is 1. The van der Waals surface area contributed by atoms with Crippen LogP contribution in [0.15, 0.2) is 18.2 Å². The largest absolute Gasteiger partial charge is 0.494 e. The van der Waals surface area contributed by atoms with Crippen LogP contribution in [0.4, 0.5) is 5.95 Å². The van der Waals surface area contributed by atoms with E-state index in [2.05, 4.69) is 22.5 Å². The summed E-state index contributed by atoms with van der Waals surface area (Å²) in [7, 11) is 1.66. The van der Waals surface area contributed by atoms with Gasteiger partial charge in [-0.15, -0.1) is 0 Å². The molecule has 1 aromatic carbocycles. The van der Waals surface area contributed by atoms with Gasteiger partial charge in [0.2, 0.25) is 5.95 Å². The van der Waals surface area contributed by atoms with Crippen LogP contribution in [0.5, 0.6) is 5.75 Å². The first kappa shape index (κ1) is 11.4. The summed E-state index contributed by atoms with van der Waals surface area (Å²) in [6.45, 7) is 3.24. The van der Waals surface area contributed by atoms with Gasteiger partial charge in [0.1, 0.15) is 11.3 Å². The summed E-state index contributed by atoms with van der Waals surface area (Å²) in [6, 6.07) is 5.96. The lowest BCUT2D eigenvalue weighted by Crippen LogP contribution is -2.11. The highest BCUT2D eigenvalue weighted by Crippen LogP contribution is 2.38. The third kappa shape index (κ3) is 1.82.